The molecule has 1 aliphatic carbocycles. The van der Waals surface area contributed by atoms with Crippen molar-refractivity contribution in [2.45, 2.75) is 51.0 Å². The Morgan fingerprint density at radius 2 is 1.87 bits per heavy atom. The Kier molecular flexibility index (Phi) is 4.74. The number of hydrogen-bond donors (Lipinski definition) is 0. The van der Waals surface area contributed by atoms with E-state index in [9.17, 15) is 9.59 Å². The zero-order valence-electron chi connectivity index (χ0n) is 13.6. The minimum atomic E-state index is -0.293. The van der Waals surface area contributed by atoms with Gasteiger partial charge in [-0.25, -0.2) is 4.98 Å². The van der Waals surface area contributed by atoms with Gasteiger partial charge in [0, 0.05) is 25.5 Å². The molecule has 3 rings (SSSR count). The molecule has 5 heteroatoms. The van der Waals surface area contributed by atoms with Crippen LogP contribution >= 0.6 is 0 Å². The number of aromatic nitrogens is 2. The second kappa shape index (κ2) is 6.94. The molecule has 122 valence electrons. The fraction of sp³-hybridized carbons (Fsp3) is 0.500. The number of nitrogens with zero attached hydrogens (tertiary/aromatic N) is 3. The molecule has 0 saturated heterocycles. The molecule has 23 heavy (non-hydrogen) atoms. The topological polar surface area (TPSA) is 54.7 Å². The van der Waals surface area contributed by atoms with Crippen LogP contribution in [0.3, 0.4) is 0 Å². The molecule has 2 aromatic heterocycles. The molecule has 0 radical (unpaired) electrons. The second-order valence-electron chi connectivity index (χ2n) is 6.32. The summed E-state index contributed by atoms with van der Waals surface area (Å²) < 4.78 is 1.43. The molecule has 5 nitrogen and oxygen atoms in total. The highest BCUT2D eigenvalue weighted by Gasteiger charge is 2.24. The van der Waals surface area contributed by atoms with Crippen LogP contribution in [0, 0.1) is 0 Å². The van der Waals surface area contributed by atoms with Crippen LogP contribution in [0.25, 0.3) is 5.65 Å². The summed E-state index contributed by atoms with van der Waals surface area (Å²) in [5, 5.41) is 0. The fourth-order valence-electron chi connectivity index (χ4n) is 3.35. The van der Waals surface area contributed by atoms with Gasteiger partial charge in [0.2, 0.25) is 0 Å². The quantitative estimate of drug-likeness (QED) is 0.856. The summed E-state index contributed by atoms with van der Waals surface area (Å²) >= 11 is 0. The lowest BCUT2D eigenvalue weighted by molar-refractivity contribution is 0.0704. The van der Waals surface area contributed by atoms with E-state index in [2.05, 4.69) is 4.98 Å². The summed E-state index contributed by atoms with van der Waals surface area (Å²) in [7, 11) is 1.81. The smallest absolute Gasteiger partial charge is 0.270 e. The number of carbonyl (C=O) groups is 1. The molecule has 1 saturated carbocycles. The molecule has 1 fully saturated rings. The van der Waals surface area contributed by atoms with Gasteiger partial charge >= 0.3 is 0 Å². The Morgan fingerprint density at radius 3 is 2.61 bits per heavy atom. The summed E-state index contributed by atoms with van der Waals surface area (Å²) in [5.41, 5.74) is 0.416. The third-order valence-electron chi connectivity index (χ3n) is 4.79. The predicted octanol–water partition coefficient (Wildman–Crippen LogP) is 2.88. The van der Waals surface area contributed by atoms with E-state index in [-0.39, 0.29) is 23.1 Å². The molecular weight excluding hydrogens is 290 g/mol. The predicted molar refractivity (Wildman–Crippen MR) is 89.7 cm³/mol. The van der Waals surface area contributed by atoms with Crippen LogP contribution in [0.5, 0.6) is 0 Å². The lowest BCUT2D eigenvalue weighted by atomic mass is 9.95. The van der Waals surface area contributed by atoms with E-state index in [1.807, 2.05) is 13.1 Å². The Labute approximate surface area is 136 Å². The molecule has 0 atom stereocenters. The molecule has 2 aromatic rings. The molecule has 0 spiro atoms. The van der Waals surface area contributed by atoms with Gasteiger partial charge in [0.25, 0.3) is 11.5 Å². The molecule has 1 amide bonds. The van der Waals surface area contributed by atoms with Crippen molar-refractivity contribution in [3.63, 3.8) is 0 Å². The number of pyridine rings is 1. The van der Waals surface area contributed by atoms with Gasteiger partial charge in [-0.05, 0) is 25.0 Å². The van der Waals surface area contributed by atoms with Crippen LogP contribution in [0.2, 0.25) is 0 Å². The van der Waals surface area contributed by atoms with Crippen molar-refractivity contribution < 1.29 is 4.79 Å². The molecule has 0 N–H and O–H groups in total. The van der Waals surface area contributed by atoms with E-state index in [1.54, 1.807) is 23.2 Å². The first-order valence-electron chi connectivity index (χ1n) is 8.42. The van der Waals surface area contributed by atoms with E-state index >= 15 is 0 Å². The maximum Gasteiger partial charge on any atom is 0.270 e. The maximum absolute atomic E-state index is 12.8. The average molecular weight is 313 g/mol. The second-order valence-corrected chi connectivity index (χ2v) is 6.32. The number of hydrogen-bond acceptors (Lipinski definition) is 3. The summed E-state index contributed by atoms with van der Waals surface area (Å²) in [6.07, 6.45) is 11.2. The Hall–Kier alpha value is -2.17. The van der Waals surface area contributed by atoms with Crippen molar-refractivity contribution in [1.29, 1.82) is 0 Å². The van der Waals surface area contributed by atoms with Crippen LogP contribution in [-0.2, 0) is 0 Å². The highest BCUT2D eigenvalue weighted by molar-refractivity contribution is 5.93. The summed E-state index contributed by atoms with van der Waals surface area (Å²) in [6, 6.07) is 5.57. The van der Waals surface area contributed by atoms with Crippen molar-refractivity contribution in [3.8, 4) is 0 Å². The van der Waals surface area contributed by atoms with Crippen LogP contribution in [-0.4, -0.2) is 33.3 Å². The van der Waals surface area contributed by atoms with Crippen molar-refractivity contribution in [1.82, 2.24) is 14.3 Å². The first-order chi connectivity index (χ1) is 11.2. The van der Waals surface area contributed by atoms with Gasteiger partial charge in [-0.3, -0.25) is 14.0 Å². The Morgan fingerprint density at radius 1 is 1.17 bits per heavy atom. The maximum atomic E-state index is 12.8. The molecule has 1 aliphatic rings. The number of fused-ring (bicyclic) bond motifs is 1. The van der Waals surface area contributed by atoms with Gasteiger partial charge in [-0.1, -0.05) is 38.2 Å². The van der Waals surface area contributed by atoms with Gasteiger partial charge in [-0.2, -0.15) is 0 Å². The van der Waals surface area contributed by atoms with E-state index in [0.717, 1.165) is 25.7 Å². The van der Waals surface area contributed by atoms with Crippen molar-refractivity contribution in [2.24, 2.45) is 0 Å². The van der Waals surface area contributed by atoms with Gasteiger partial charge in [0.05, 0.1) is 0 Å². The standard InChI is InChI=1S/C18H23N3O2/c1-20(14-9-5-3-2-4-6-10-14)17(22)15-13-19-16-11-7-8-12-21(16)18(15)23/h7-8,11-14H,2-6,9-10H2,1H3. The van der Waals surface area contributed by atoms with Gasteiger partial charge in [-0.15, -0.1) is 0 Å². The fourth-order valence-corrected chi connectivity index (χ4v) is 3.35. The van der Waals surface area contributed by atoms with Gasteiger partial charge in [0.1, 0.15) is 11.2 Å². The highest BCUT2D eigenvalue weighted by Crippen LogP contribution is 2.21. The highest BCUT2D eigenvalue weighted by atomic mass is 16.2. The van der Waals surface area contributed by atoms with E-state index in [0.29, 0.717) is 5.65 Å². The van der Waals surface area contributed by atoms with Gasteiger partial charge < -0.3 is 4.90 Å². The Bertz CT molecular complexity index is 745. The van der Waals surface area contributed by atoms with Crippen LogP contribution in [0.15, 0.2) is 35.4 Å². The average Bonchev–Trinajstić information content (AvgIpc) is 2.54. The Balaban J connectivity index is 1.87. The number of carbonyl (C=O) groups excluding carboxylic acids is 1. The molecule has 2 heterocycles. The first kappa shape index (κ1) is 15.7. The summed E-state index contributed by atoms with van der Waals surface area (Å²) in [5.74, 6) is -0.216. The van der Waals surface area contributed by atoms with Crippen LogP contribution in [0.4, 0.5) is 0 Å². The third-order valence-corrected chi connectivity index (χ3v) is 4.79. The molecule has 0 aromatic carbocycles. The van der Waals surface area contributed by atoms with E-state index < -0.39 is 0 Å². The lowest BCUT2D eigenvalue weighted by Gasteiger charge is -2.29. The normalized spacial score (nSPS) is 16.7. The molecule has 0 aliphatic heterocycles. The van der Waals surface area contributed by atoms with Crippen LogP contribution in [0.1, 0.15) is 55.3 Å². The zero-order valence-corrected chi connectivity index (χ0v) is 13.6. The minimum Gasteiger partial charge on any atom is -0.339 e. The molecule has 0 bridgehead atoms. The largest absolute Gasteiger partial charge is 0.339 e. The van der Waals surface area contributed by atoms with E-state index in [4.69, 9.17) is 0 Å². The van der Waals surface area contributed by atoms with Gasteiger partial charge in [0.15, 0.2) is 0 Å². The molecular formula is C18H23N3O2. The number of amides is 1. The minimum absolute atomic E-state index is 0.151. The molecule has 0 unspecified atom stereocenters. The monoisotopic (exact) mass is 313 g/mol. The van der Waals surface area contributed by atoms with Crippen molar-refractivity contribution in [3.05, 3.63) is 46.5 Å². The SMILES string of the molecule is CN(C(=O)c1cnc2ccccn2c1=O)C1CCCCCCC1. The summed E-state index contributed by atoms with van der Waals surface area (Å²) in [6.45, 7) is 0. The third kappa shape index (κ3) is 3.28. The van der Waals surface area contributed by atoms with Crippen LogP contribution < -0.4 is 5.56 Å². The zero-order chi connectivity index (χ0) is 16.2. The lowest BCUT2D eigenvalue weighted by Crippen LogP contribution is -2.40. The first-order valence-corrected chi connectivity index (χ1v) is 8.42. The number of rotatable bonds is 2. The van der Waals surface area contributed by atoms with E-state index in [1.165, 1.54) is 29.9 Å². The summed E-state index contributed by atoms with van der Waals surface area (Å²) in [4.78, 5) is 31.3. The van der Waals surface area contributed by atoms with Crippen molar-refractivity contribution >= 4 is 11.6 Å². The van der Waals surface area contributed by atoms with Crippen molar-refractivity contribution in [2.75, 3.05) is 7.05 Å².